The molecule has 3 aromatic rings. The van der Waals surface area contributed by atoms with Crippen LogP contribution >= 0.6 is 0 Å². The van der Waals surface area contributed by atoms with E-state index in [1.54, 1.807) is 6.20 Å². The molecule has 3 aliphatic rings. The van der Waals surface area contributed by atoms with E-state index in [2.05, 4.69) is 10.3 Å². The van der Waals surface area contributed by atoms with Crippen LogP contribution < -0.4 is 24.4 Å². The first-order valence-corrected chi connectivity index (χ1v) is 10.9. The fourth-order valence-corrected chi connectivity index (χ4v) is 4.87. The molecule has 7 nitrogen and oxygen atoms in total. The average molecular weight is 429 g/mol. The summed E-state index contributed by atoms with van der Waals surface area (Å²) in [5.74, 6) is 2.07. The molecule has 4 heterocycles. The third-order valence-electron chi connectivity index (χ3n) is 6.41. The molecular weight excluding hydrogens is 406 g/mol. The summed E-state index contributed by atoms with van der Waals surface area (Å²) >= 11 is 0. The number of hydrogen-bond acceptors (Lipinski definition) is 6. The number of carbonyl (C=O) groups is 1. The number of benzene rings is 2. The van der Waals surface area contributed by atoms with Crippen LogP contribution in [0.1, 0.15) is 23.2 Å². The molecule has 1 atom stereocenters. The summed E-state index contributed by atoms with van der Waals surface area (Å²) in [4.78, 5) is 20.1. The Balaban J connectivity index is 1.23. The lowest BCUT2D eigenvalue weighted by atomic mass is 9.77. The lowest BCUT2D eigenvalue weighted by Gasteiger charge is -2.23. The van der Waals surface area contributed by atoms with Gasteiger partial charge < -0.3 is 24.4 Å². The molecule has 162 valence electrons. The third kappa shape index (κ3) is 2.85. The molecule has 1 amide bonds. The van der Waals surface area contributed by atoms with E-state index in [1.807, 2.05) is 59.5 Å². The highest BCUT2D eigenvalue weighted by Gasteiger charge is 2.57. The number of amides is 1. The van der Waals surface area contributed by atoms with Crippen molar-refractivity contribution >= 4 is 11.6 Å². The Morgan fingerprint density at radius 2 is 1.81 bits per heavy atom. The van der Waals surface area contributed by atoms with Crippen molar-refractivity contribution in [3.05, 3.63) is 77.6 Å². The van der Waals surface area contributed by atoms with Gasteiger partial charge in [-0.2, -0.15) is 0 Å². The van der Waals surface area contributed by atoms with Gasteiger partial charge in [0.2, 0.25) is 12.7 Å². The standard InChI is InChI=1S/C25H23N3O4/c29-24-25(15-30-21-13-23-22(12-19(21)25)31-16-32-23)18-7-1-2-8-20(18)28(24)11-5-9-26-14-17-6-3-4-10-27-17/h1-4,6-8,10,12-13,26H,5,9,11,14-16H2. The van der Waals surface area contributed by atoms with Gasteiger partial charge in [-0.25, -0.2) is 0 Å². The van der Waals surface area contributed by atoms with Crippen LogP contribution in [-0.4, -0.2) is 37.4 Å². The number of aromatic nitrogens is 1. The van der Waals surface area contributed by atoms with Gasteiger partial charge in [0.1, 0.15) is 17.8 Å². The Labute approximate surface area is 185 Å². The molecule has 3 aliphatic heterocycles. The lowest BCUT2D eigenvalue weighted by Crippen LogP contribution is -2.43. The van der Waals surface area contributed by atoms with Gasteiger partial charge in [-0.05, 0) is 42.8 Å². The number of carbonyl (C=O) groups excluding carboxylic acids is 1. The molecule has 1 aromatic heterocycles. The second kappa shape index (κ2) is 7.53. The van der Waals surface area contributed by atoms with Gasteiger partial charge >= 0.3 is 0 Å². The summed E-state index contributed by atoms with van der Waals surface area (Å²) < 4.78 is 17.1. The second-order valence-corrected chi connectivity index (χ2v) is 8.22. The summed E-state index contributed by atoms with van der Waals surface area (Å²) in [6.07, 6.45) is 2.63. The molecule has 0 saturated carbocycles. The van der Waals surface area contributed by atoms with Gasteiger partial charge in [0.15, 0.2) is 11.5 Å². The van der Waals surface area contributed by atoms with Crippen molar-refractivity contribution in [3.63, 3.8) is 0 Å². The number of hydrogen-bond donors (Lipinski definition) is 1. The van der Waals surface area contributed by atoms with Crippen LogP contribution in [0.2, 0.25) is 0 Å². The molecule has 32 heavy (non-hydrogen) atoms. The van der Waals surface area contributed by atoms with Gasteiger partial charge in [0.25, 0.3) is 0 Å². The number of para-hydroxylation sites is 1. The average Bonchev–Trinajstić information content (AvgIpc) is 3.50. The van der Waals surface area contributed by atoms with Gasteiger partial charge in [0, 0.05) is 36.6 Å². The fraction of sp³-hybridized carbons (Fsp3) is 0.280. The van der Waals surface area contributed by atoms with Crippen molar-refractivity contribution < 1.29 is 19.0 Å². The number of nitrogens with one attached hydrogen (secondary N) is 1. The quantitative estimate of drug-likeness (QED) is 0.608. The molecule has 1 unspecified atom stereocenters. The number of fused-ring (bicyclic) bond motifs is 5. The van der Waals surface area contributed by atoms with Gasteiger partial charge in [-0.15, -0.1) is 0 Å². The molecule has 6 rings (SSSR count). The Hall–Kier alpha value is -3.58. The molecule has 0 bridgehead atoms. The van der Waals surface area contributed by atoms with E-state index < -0.39 is 5.41 Å². The summed E-state index contributed by atoms with van der Waals surface area (Å²) in [7, 11) is 0. The predicted molar refractivity (Wildman–Crippen MR) is 118 cm³/mol. The maximum Gasteiger partial charge on any atom is 0.245 e. The molecule has 0 radical (unpaired) electrons. The molecular formula is C25H23N3O4. The number of anilines is 1. The minimum atomic E-state index is -0.839. The van der Waals surface area contributed by atoms with Gasteiger partial charge in [-0.3, -0.25) is 9.78 Å². The maximum absolute atomic E-state index is 13.9. The van der Waals surface area contributed by atoms with E-state index in [-0.39, 0.29) is 19.3 Å². The largest absolute Gasteiger partial charge is 0.491 e. The molecule has 0 fully saturated rings. The normalized spacial score (nSPS) is 19.9. The van der Waals surface area contributed by atoms with E-state index in [1.165, 1.54) is 0 Å². The highest BCUT2D eigenvalue weighted by Crippen LogP contribution is 2.54. The molecule has 2 aromatic carbocycles. The first-order valence-electron chi connectivity index (χ1n) is 10.9. The smallest absolute Gasteiger partial charge is 0.245 e. The molecule has 0 saturated heterocycles. The summed E-state index contributed by atoms with van der Waals surface area (Å²) in [6, 6.07) is 17.7. The Morgan fingerprint density at radius 3 is 2.69 bits per heavy atom. The van der Waals surface area contributed by atoms with Crippen molar-refractivity contribution in [2.45, 2.75) is 18.4 Å². The number of ether oxygens (including phenoxy) is 3. The van der Waals surface area contributed by atoms with Crippen LogP contribution in [0.3, 0.4) is 0 Å². The van der Waals surface area contributed by atoms with Crippen LogP contribution in [0.5, 0.6) is 17.2 Å². The zero-order chi connectivity index (χ0) is 21.5. The van der Waals surface area contributed by atoms with Crippen molar-refractivity contribution in [3.8, 4) is 17.2 Å². The first-order chi connectivity index (χ1) is 15.8. The van der Waals surface area contributed by atoms with Crippen molar-refractivity contribution in [1.29, 1.82) is 0 Å². The van der Waals surface area contributed by atoms with E-state index in [0.717, 1.165) is 35.5 Å². The van der Waals surface area contributed by atoms with Gasteiger partial charge in [0.05, 0.1) is 5.69 Å². The SMILES string of the molecule is O=C1N(CCCNCc2ccccn2)c2ccccc2C12COc1cc3c(cc12)OCO3. The number of pyridine rings is 1. The Bertz CT molecular complexity index is 1180. The highest BCUT2D eigenvalue weighted by molar-refractivity contribution is 6.11. The zero-order valence-corrected chi connectivity index (χ0v) is 17.5. The third-order valence-corrected chi connectivity index (χ3v) is 6.41. The van der Waals surface area contributed by atoms with E-state index >= 15 is 0 Å². The topological polar surface area (TPSA) is 72.9 Å². The van der Waals surface area contributed by atoms with Crippen LogP contribution in [0.15, 0.2) is 60.8 Å². The Morgan fingerprint density at radius 1 is 0.969 bits per heavy atom. The second-order valence-electron chi connectivity index (χ2n) is 8.22. The minimum absolute atomic E-state index is 0.0565. The molecule has 1 N–H and O–H groups in total. The summed E-state index contributed by atoms with van der Waals surface area (Å²) in [5, 5.41) is 3.41. The molecule has 7 heteroatoms. The minimum Gasteiger partial charge on any atom is -0.491 e. The zero-order valence-electron chi connectivity index (χ0n) is 17.5. The molecule has 1 spiro atoms. The monoisotopic (exact) mass is 429 g/mol. The fourth-order valence-electron chi connectivity index (χ4n) is 4.87. The van der Waals surface area contributed by atoms with Crippen molar-refractivity contribution in [2.24, 2.45) is 0 Å². The Kier molecular flexibility index (Phi) is 4.50. The summed E-state index contributed by atoms with van der Waals surface area (Å²) in [5.41, 5.74) is 2.97. The van der Waals surface area contributed by atoms with Crippen molar-refractivity contribution in [2.75, 3.05) is 31.4 Å². The predicted octanol–water partition coefficient (Wildman–Crippen LogP) is 3.02. The summed E-state index contributed by atoms with van der Waals surface area (Å²) in [6.45, 7) is 2.61. The molecule has 0 aliphatic carbocycles. The number of rotatable bonds is 6. The first kappa shape index (κ1) is 19.1. The van der Waals surface area contributed by atoms with E-state index in [0.29, 0.717) is 30.3 Å². The van der Waals surface area contributed by atoms with Gasteiger partial charge in [-0.1, -0.05) is 24.3 Å². The highest BCUT2D eigenvalue weighted by atomic mass is 16.7. The number of nitrogens with zero attached hydrogens (tertiary/aromatic N) is 2. The van der Waals surface area contributed by atoms with E-state index in [9.17, 15) is 4.79 Å². The van der Waals surface area contributed by atoms with Crippen LogP contribution in [-0.2, 0) is 16.8 Å². The maximum atomic E-state index is 13.9. The van der Waals surface area contributed by atoms with Crippen molar-refractivity contribution in [1.82, 2.24) is 10.3 Å². The van der Waals surface area contributed by atoms with Crippen LogP contribution in [0, 0.1) is 0 Å². The van der Waals surface area contributed by atoms with E-state index in [4.69, 9.17) is 14.2 Å². The lowest BCUT2D eigenvalue weighted by molar-refractivity contribution is -0.122. The van der Waals surface area contributed by atoms with Crippen LogP contribution in [0.25, 0.3) is 0 Å². The van der Waals surface area contributed by atoms with Crippen LogP contribution in [0.4, 0.5) is 5.69 Å².